The van der Waals surface area contributed by atoms with Gasteiger partial charge in [0, 0.05) is 13.2 Å². The first kappa shape index (κ1) is 15.2. The Morgan fingerprint density at radius 1 is 1.17 bits per heavy atom. The molecular formula is C16H27NO. The van der Waals surface area contributed by atoms with Crippen molar-refractivity contribution in [3.8, 4) is 0 Å². The van der Waals surface area contributed by atoms with Crippen LogP contribution in [-0.2, 0) is 4.74 Å². The fourth-order valence-corrected chi connectivity index (χ4v) is 2.28. The van der Waals surface area contributed by atoms with Crippen molar-refractivity contribution in [2.45, 2.75) is 52.2 Å². The van der Waals surface area contributed by atoms with E-state index in [2.05, 4.69) is 51.2 Å². The summed E-state index contributed by atoms with van der Waals surface area (Å²) in [6.07, 6.45) is 2.13. The van der Waals surface area contributed by atoms with Crippen LogP contribution in [0.4, 0.5) is 0 Å². The van der Waals surface area contributed by atoms with Crippen molar-refractivity contribution < 1.29 is 4.74 Å². The van der Waals surface area contributed by atoms with Crippen molar-refractivity contribution in [3.63, 3.8) is 0 Å². The third-order valence-corrected chi connectivity index (χ3v) is 3.58. The van der Waals surface area contributed by atoms with E-state index in [0.717, 1.165) is 12.8 Å². The molecule has 2 heteroatoms. The van der Waals surface area contributed by atoms with Gasteiger partial charge < -0.3 is 10.1 Å². The Hall–Kier alpha value is -0.860. The normalized spacial score (nSPS) is 13.7. The average molecular weight is 249 g/mol. The van der Waals surface area contributed by atoms with Gasteiger partial charge in [0.2, 0.25) is 0 Å². The van der Waals surface area contributed by atoms with Crippen LogP contribution in [-0.4, -0.2) is 19.8 Å². The zero-order chi connectivity index (χ0) is 13.8. The number of rotatable bonds is 6. The fraction of sp³-hybridized carbons (Fsp3) is 0.625. The summed E-state index contributed by atoms with van der Waals surface area (Å²) in [5.41, 5.74) is 3.99. The first-order valence-corrected chi connectivity index (χ1v) is 6.68. The zero-order valence-electron chi connectivity index (χ0n) is 12.6. The molecule has 0 radical (unpaired) electrons. The van der Waals surface area contributed by atoms with Crippen molar-refractivity contribution >= 4 is 0 Å². The minimum absolute atomic E-state index is 0.0476. The topological polar surface area (TPSA) is 21.3 Å². The van der Waals surface area contributed by atoms with Gasteiger partial charge in [-0.05, 0) is 53.1 Å². The second-order valence-corrected chi connectivity index (χ2v) is 5.76. The number of hydrogen-bond donors (Lipinski definition) is 1. The summed E-state index contributed by atoms with van der Waals surface area (Å²) in [6, 6.07) is 7.16. The monoisotopic (exact) mass is 249 g/mol. The maximum atomic E-state index is 5.49. The zero-order valence-corrected chi connectivity index (χ0v) is 12.6. The number of nitrogens with one attached hydrogen (secondary N) is 1. The summed E-state index contributed by atoms with van der Waals surface area (Å²) >= 11 is 0. The van der Waals surface area contributed by atoms with E-state index in [1.807, 2.05) is 7.05 Å². The second kappa shape index (κ2) is 6.35. The van der Waals surface area contributed by atoms with Crippen molar-refractivity contribution in [3.05, 3.63) is 34.9 Å². The summed E-state index contributed by atoms with van der Waals surface area (Å²) in [6.45, 7) is 8.59. The summed E-state index contributed by atoms with van der Waals surface area (Å²) in [5.74, 6) is 0. The van der Waals surface area contributed by atoms with Crippen molar-refractivity contribution in [1.29, 1.82) is 0 Å². The van der Waals surface area contributed by atoms with Gasteiger partial charge in [0.15, 0.2) is 0 Å². The number of hydrogen-bond acceptors (Lipinski definition) is 2. The second-order valence-electron chi connectivity index (χ2n) is 5.76. The molecule has 0 aromatic heterocycles. The molecular weight excluding hydrogens is 222 g/mol. The average Bonchev–Trinajstić information content (AvgIpc) is 2.28. The van der Waals surface area contributed by atoms with Crippen LogP contribution in [0.15, 0.2) is 18.2 Å². The molecule has 0 aliphatic heterocycles. The van der Waals surface area contributed by atoms with E-state index in [1.54, 1.807) is 7.11 Å². The van der Waals surface area contributed by atoms with Crippen LogP contribution in [0, 0.1) is 13.8 Å². The molecule has 2 nitrogen and oxygen atoms in total. The number of methoxy groups -OCH3 is 1. The van der Waals surface area contributed by atoms with Gasteiger partial charge in [-0.25, -0.2) is 0 Å². The Balaban J connectivity index is 2.77. The van der Waals surface area contributed by atoms with Crippen LogP contribution in [0.25, 0.3) is 0 Å². The molecule has 1 aromatic rings. The minimum atomic E-state index is -0.0476. The summed E-state index contributed by atoms with van der Waals surface area (Å²) in [7, 11) is 3.81. The van der Waals surface area contributed by atoms with Gasteiger partial charge in [0.25, 0.3) is 0 Å². The maximum Gasteiger partial charge on any atom is 0.0623 e. The number of aryl methyl sites for hydroxylation is 2. The molecule has 102 valence electrons. The molecule has 1 rings (SSSR count). The van der Waals surface area contributed by atoms with Gasteiger partial charge in [-0.2, -0.15) is 0 Å². The van der Waals surface area contributed by atoms with Crippen LogP contribution in [0.5, 0.6) is 0 Å². The first-order valence-electron chi connectivity index (χ1n) is 6.68. The van der Waals surface area contributed by atoms with Crippen molar-refractivity contribution in [1.82, 2.24) is 5.32 Å². The molecule has 1 aromatic carbocycles. The van der Waals surface area contributed by atoms with Crippen LogP contribution in [0.3, 0.4) is 0 Å². The Bertz CT molecular complexity index is 364. The Morgan fingerprint density at radius 2 is 1.72 bits per heavy atom. The highest BCUT2D eigenvalue weighted by atomic mass is 16.5. The lowest BCUT2D eigenvalue weighted by Gasteiger charge is -2.26. The molecule has 0 aliphatic rings. The quantitative estimate of drug-likeness (QED) is 0.828. The Kier molecular flexibility index (Phi) is 5.36. The Morgan fingerprint density at radius 3 is 2.17 bits per heavy atom. The third kappa shape index (κ3) is 4.43. The molecule has 0 aliphatic carbocycles. The van der Waals surface area contributed by atoms with E-state index in [0.29, 0.717) is 6.04 Å². The SMILES string of the molecule is CNC(CCC(C)(C)OC)c1cc(C)cc(C)c1. The molecule has 0 saturated heterocycles. The molecule has 1 N–H and O–H groups in total. The van der Waals surface area contributed by atoms with E-state index in [9.17, 15) is 0 Å². The lowest BCUT2D eigenvalue weighted by atomic mass is 9.93. The smallest absolute Gasteiger partial charge is 0.0623 e. The van der Waals surface area contributed by atoms with E-state index >= 15 is 0 Å². The molecule has 1 atom stereocenters. The van der Waals surface area contributed by atoms with Crippen molar-refractivity contribution in [2.24, 2.45) is 0 Å². The number of ether oxygens (including phenoxy) is 1. The Labute approximate surface area is 112 Å². The largest absolute Gasteiger partial charge is 0.379 e. The predicted octanol–water partition coefficient (Wildman–Crippen LogP) is 3.77. The molecule has 0 bridgehead atoms. The van der Waals surface area contributed by atoms with Gasteiger partial charge in [-0.15, -0.1) is 0 Å². The molecule has 18 heavy (non-hydrogen) atoms. The van der Waals surface area contributed by atoms with Crippen molar-refractivity contribution in [2.75, 3.05) is 14.2 Å². The van der Waals surface area contributed by atoms with Crippen LogP contribution >= 0.6 is 0 Å². The minimum Gasteiger partial charge on any atom is -0.379 e. The van der Waals surface area contributed by atoms with Gasteiger partial charge in [-0.1, -0.05) is 29.3 Å². The van der Waals surface area contributed by atoms with Gasteiger partial charge in [0.1, 0.15) is 0 Å². The lowest BCUT2D eigenvalue weighted by molar-refractivity contribution is 0.0118. The van der Waals surface area contributed by atoms with E-state index in [4.69, 9.17) is 4.74 Å². The standard InChI is InChI=1S/C16H27NO/c1-12-9-13(2)11-14(10-12)15(17-5)7-8-16(3,4)18-6/h9-11,15,17H,7-8H2,1-6H3. The number of benzene rings is 1. The van der Waals surface area contributed by atoms with Crippen LogP contribution in [0.1, 0.15) is 49.4 Å². The van der Waals surface area contributed by atoms with E-state index < -0.39 is 0 Å². The molecule has 1 unspecified atom stereocenters. The van der Waals surface area contributed by atoms with Gasteiger partial charge >= 0.3 is 0 Å². The van der Waals surface area contributed by atoms with Gasteiger partial charge in [-0.3, -0.25) is 0 Å². The highest BCUT2D eigenvalue weighted by Crippen LogP contribution is 2.25. The molecule has 0 spiro atoms. The summed E-state index contributed by atoms with van der Waals surface area (Å²) in [5, 5.41) is 3.41. The molecule has 0 amide bonds. The molecule has 0 saturated carbocycles. The lowest BCUT2D eigenvalue weighted by Crippen LogP contribution is -2.26. The molecule has 0 fully saturated rings. The first-order chi connectivity index (χ1) is 8.38. The summed E-state index contributed by atoms with van der Waals surface area (Å²) < 4.78 is 5.49. The fourth-order valence-electron chi connectivity index (χ4n) is 2.28. The summed E-state index contributed by atoms with van der Waals surface area (Å²) in [4.78, 5) is 0. The maximum absolute atomic E-state index is 5.49. The predicted molar refractivity (Wildman–Crippen MR) is 78.0 cm³/mol. The van der Waals surface area contributed by atoms with Crippen LogP contribution < -0.4 is 5.32 Å². The van der Waals surface area contributed by atoms with E-state index in [-0.39, 0.29) is 5.60 Å². The van der Waals surface area contributed by atoms with E-state index in [1.165, 1.54) is 16.7 Å². The highest BCUT2D eigenvalue weighted by molar-refractivity contribution is 5.30. The van der Waals surface area contributed by atoms with Gasteiger partial charge in [0.05, 0.1) is 5.60 Å². The highest BCUT2D eigenvalue weighted by Gasteiger charge is 2.19. The third-order valence-electron chi connectivity index (χ3n) is 3.58. The van der Waals surface area contributed by atoms with Crippen LogP contribution in [0.2, 0.25) is 0 Å². The molecule has 0 heterocycles.